The summed E-state index contributed by atoms with van der Waals surface area (Å²) < 4.78 is 0. The fraction of sp³-hybridized carbons (Fsp3) is 1.00. The fourth-order valence-corrected chi connectivity index (χ4v) is 3.20. The highest BCUT2D eigenvalue weighted by atomic mass is 16.6. The Hall–Kier alpha value is -0.680. The van der Waals surface area contributed by atoms with Crippen molar-refractivity contribution in [1.82, 2.24) is 9.80 Å². The van der Waals surface area contributed by atoms with Gasteiger partial charge in [0.05, 0.1) is 6.54 Å². The van der Waals surface area contributed by atoms with Crippen LogP contribution in [0.1, 0.15) is 39.0 Å². The molecule has 0 amide bonds. The highest BCUT2D eigenvalue weighted by Gasteiger charge is 2.27. The van der Waals surface area contributed by atoms with Crippen LogP contribution in [0.3, 0.4) is 0 Å². The van der Waals surface area contributed by atoms with Gasteiger partial charge in [-0.05, 0) is 12.8 Å². The van der Waals surface area contributed by atoms with Gasteiger partial charge in [0, 0.05) is 44.1 Å². The van der Waals surface area contributed by atoms with Gasteiger partial charge in [0.1, 0.15) is 0 Å². The van der Waals surface area contributed by atoms with Crippen molar-refractivity contribution in [2.75, 3.05) is 32.7 Å². The molecule has 1 aliphatic carbocycles. The van der Waals surface area contributed by atoms with Gasteiger partial charge in [-0.15, -0.1) is 0 Å². The second kappa shape index (κ2) is 6.48. The van der Waals surface area contributed by atoms with Gasteiger partial charge in [0.2, 0.25) is 6.04 Å². The van der Waals surface area contributed by atoms with Crippen molar-refractivity contribution in [2.24, 2.45) is 0 Å². The fourth-order valence-electron chi connectivity index (χ4n) is 3.20. The molecule has 1 saturated heterocycles. The molecule has 0 aromatic carbocycles. The summed E-state index contributed by atoms with van der Waals surface area (Å²) >= 11 is 0. The maximum absolute atomic E-state index is 10.7. The lowest BCUT2D eigenvalue weighted by molar-refractivity contribution is -0.518. The van der Waals surface area contributed by atoms with E-state index in [0.717, 1.165) is 32.2 Å². The largest absolute Gasteiger partial charge is 0.298 e. The van der Waals surface area contributed by atoms with Crippen molar-refractivity contribution in [3.8, 4) is 0 Å². The van der Waals surface area contributed by atoms with Crippen LogP contribution in [0.5, 0.6) is 0 Å². The van der Waals surface area contributed by atoms with E-state index < -0.39 is 6.04 Å². The minimum Gasteiger partial charge on any atom is -0.298 e. The van der Waals surface area contributed by atoms with Gasteiger partial charge in [-0.1, -0.05) is 19.3 Å². The molecule has 0 radical (unpaired) electrons. The van der Waals surface area contributed by atoms with Gasteiger partial charge < -0.3 is 0 Å². The molecule has 1 unspecified atom stereocenters. The van der Waals surface area contributed by atoms with E-state index in [1.807, 2.05) is 0 Å². The average Bonchev–Trinajstić information content (AvgIpc) is 2.40. The zero-order valence-corrected chi connectivity index (χ0v) is 11.4. The first-order valence-electron chi connectivity index (χ1n) is 7.26. The van der Waals surface area contributed by atoms with E-state index in [2.05, 4.69) is 9.80 Å². The molecule has 2 fully saturated rings. The minimum absolute atomic E-state index is 0.173. The molecule has 0 aromatic heterocycles. The molecule has 1 aliphatic heterocycles. The smallest absolute Gasteiger partial charge is 0.222 e. The number of hydrogen-bond donors (Lipinski definition) is 0. The summed E-state index contributed by atoms with van der Waals surface area (Å²) in [6, 6.07) is 0.347. The van der Waals surface area contributed by atoms with E-state index >= 15 is 0 Å². The number of piperazine rings is 1. The highest BCUT2D eigenvalue weighted by molar-refractivity contribution is 4.81. The minimum atomic E-state index is -0.439. The zero-order chi connectivity index (χ0) is 13.0. The SMILES string of the molecule is CC(CN1CCN(C2CCCCC2)CC1)[N+](=O)[O-]. The van der Waals surface area contributed by atoms with Crippen molar-refractivity contribution in [2.45, 2.75) is 51.1 Å². The van der Waals surface area contributed by atoms with Gasteiger partial charge in [-0.2, -0.15) is 0 Å². The lowest BCUT2D eigenvalue weighted by Gasteiger charge is -2.40. The maximum Gasteiger partial charge on any atom is 0.222 e. The lowest BCUT2D eigenvalue weighted by Crippen LogP contribution is -2.52. The Morgan fingerprint density at radius 2 is 1.78 bits per heavy atom. The average molecular weight is 255 g/mol. The molecule has 1 heterocycles. The molecular weight excluding hydrogens is 230 g/mol. The van der Waals surface area contributed by atoms with E-state index in [-0.39, 0.29) is 4.92 Å². The normalized spacial score (nSPS) is 26.1. The maximum atomic E-state index is 10.7. The van der Waals surface area contributed by atoms with Crippen molar-refractivity contribution in [3.05, 3.63) is 10.1 Å². The van der Waals surface area contributed by atoms with Crippen LogP contribution >= 0.6 is 0 Å². The quantitative estimate of drug-likeness (QED) is 0.565. The summed E-state index contributed by atoms with van der Waals surface area (Å²) in [5, 5.41) is 10.7. The summed E-state index contributed by atoms with van der Waals surface area (Å²) in [5.41, 5.74) is 0. The van der Waals surface area contributed by atoms with E-state index in [4.69, 9.17) is 0 Å². The first kappa shape index (κ1) is 13.7. The molecule has 0 bridgehead atoms. The molecule has 2 aliphatic rings. The topological polar surface area (TPSA) is 49.6 Å². The summed E-state index contributed by atoms with van der Waals surface area (Å²) in [7, 11) is 0. The molecule has 1 atom stereocenters. The van der Waals surface area contributed by atoms with E-state index in [9.17, 15) is 10.1 Å². The van der Waals surface area contributed by atoms with Crippen molar-refractivity contribution in [1.29, 1.82) is 0 Å². The second-order valence-corrected chi connectivity index (χ2v) is 5.76. The predicted octanol–water partition coefficient (Wildman–Crippen LogP) is 1.60. The molecule has 18 heavy (non-hydrogen) atoms. The molecule has 0 aromatic rings. The van der Waals surface area contributed by atoms with E-state index in [0.29, 0.717) is 6.54 Å². The molecule has 5 heteroatoms. The second-order valence-electron chi connectivity index (χ2n) is 5.76. The Labute approximate surface area is 109 Å². The van der Waals surface area contributed by atoms with Gasteiger partial charge >= 0.3 is 0 Å². The predicted molar refractivity (Wildman–Crippen MR) is 71.3 cm³/mol. The third kappa shape index (κ3) is 3.65. The highest BCUT2D eigenvalue weighted by Crippen LogP contribution is 2.23. The Balaban J connectivity index is 1.72. The molecule has 0 spiro atoms. The van der Waals surface area contributed by atoms with Crippen molar-refractivity contribution in [3.63, 3.8) is 0 Å². The molecule has 0 N–H and O–H groups in total. The zero-order valence-electron chi connectivity index (χ0n) is 11.4. The molecule has 104 valence electrons. The first-order valence-corrected chi connectivity index (χ1v) is 7.26. The van der Waals surface area contributed by atoms with Gasteiger partial charge in [-0.3, -0.25) is 19.9 Å². The van der Waals surface area contributed by atoms with Crippen LogP contribution in [0.4, 0.5) is 0 Å². The van der Waals surface area contributed by atoms with Crippen LogP contribution in [0.2, 0.25) is 0 Å². The molecule has 5 nitrogen and oxygen atoms in total. The van der Waals surface area contributed by atoms with Gasteiger partial charge in [0.15, 0.2) is 0 Å². The van der Waals surface area contributed by atoms with Crippen LogP contribution < -0.4 is 0 Å². The molecule has 1 saturated carbocycles. The van der Waals surface area contributed by atoms with Crippen molar-refractivity contribution < 1.29 is 4.92 Å². The monoisotopic (exact) mass is 255 g/mol. The Morgan fingerprint density at radius 1 is 1.17 bits per heavy atom. The van der Waals surface area contributed by atoms with E-state index in [1.54, 1.807) is 6.92 Å². The Kier molecular flexibility index (Phi) is 4.95. The van der Waals surface area contributed by atoms with Crippen LogP contribution in [0.15, 0.2) is 0 Å². The number of nitro groups is 1. The molecule has 2 rings (SSSR count). The third-order valence-electron chi connectivity index (χ3n) is 4.38. The lowest BCUT2D eigenvalue weighted by atomic mass is 9.94. The number of rotatable bonds is 4. The number of nitrogens with zero attached hydrogens (tertiary/aromatic N) is 3. The third-order valence-corrected chi connectivity index (χ3v) is 4.38. The summed E-state index contributed by atoms with van der Waals surface area (Å²) in [6.45, 7) is 6.48. The van der Waals surface area contributed by atoms with Crippen molar-refractivity contribution >= 4 is 0 Å². The standard InChI is InChI=1S/C13H25N3O2/c1-12(16(17)18)11-14-7-9-15(10-8-14)13-5-3-2-4-6-13/h12-13H,2-11H2,1H3. The van der Waals surface area contributed by atoms with E-state index in [1.165, 1.54) is 32.1 Å². The van der Waals surface area contributed by atoms with Gasteiger partial charge in [0.25, 0.3) is 0 Å². The summed E-state index contributed by atoms with van der Waals surface area (Å²) in [5.74, 6) is 0. The Morgan fingerprint density at radius 3 is 2.33 bits per heavy atom. The first-order chi connectivity index (χ1) is 8.66. The van der Waals surface area contributed by atoms with Crippen LogP contribution in [-0.4, -0.2) is 59.5 Å². The summed E-state index contributed by atoms with van der Waals surface area (Å²) in [6.07, 6.45) is 6.86. The Bertz CT molecular complexity index is 271. The van der Waals surface area contributed by atoms with Crippen LogP contribution in [0, 0.1) is 10.1 Å². The molecular formula is C13H25N3O2. The number of hydrogen-bond acceptors (Lipinski definition) is 4. The van der Waals surface area contributed by atoms with Crippen LogP contribution in [0.25, 0.3) is 0 Å². The van der Waals surface area contributed by atoms with Crippen LogP contribution in [-0.2, 0) is 0 Å². The summed E-state index contributed by atoms with van der Waals surface area (Å²) in [4.78, 5) is 15.3. The van der Waals surface area contributed by atoms with Gasteiger partial charge in [-0.25, -0.2) is 0 Å².